The Bertz CT molecular complexity index is 722. The predicted molar refractivity (Wildman–Crippen MR) is 93.0 cm³/mol. The second kappa shape index (κ2) is 7.61. The molecule has 2 atom stereocenters. The molecule has 2 rings (SSSR count). The van der Waals surface area contributed by atoms with Gasteiger partial charge in [-0.3, -0.25) is 14.3 Å². The number of thiophene rings is 1. The Morgan fingerprint density at radius 3 is 2.62 bits per heavy atom. The van der Waals surface area contributed by atoms with E-state index >= 15 is 0 Å². The third kappa shape index (κ3) is 4.23. The maximum Gasteiger partial charge on any atom is 0.305 e. The first-order valence-corrected chi connectivity index (χ1v) is 8.72. The van der Waals surface area contributed by atoms with E-state index in [9.17, 15) is 9.59 Å². The molecule has 0 saturated heterocycles. The van der Waals surface area contributed by atoms with Crippen LogP contribution in [0.3, 0.4) is 0 Å². The number of nitrogens with zero attached hydrogens (tertiary/aromatic N) is 2. The summed E-state index contributed by atoms with van der Waals surface area (Å²) in [5.41, 5.74) is 3.05. The van der Waals surface area contributed by atoms with E-state index in [2.05, 4.69) is 10.4 Å². The molecule has 0 fully saturated rings. The van der Waals surface area contributed by atoms with E-state index in [1.807, 2.05) is 50.0 Å². The molecule has 2 heterocycles. The Kier molecular flexibility index (Phi) is 5.77. The largest absolute Gasteiger partial charge is 0.481 e. The molecule has 2 N–H and O–H groups in total. The van der Waals surface area contributed by atoms with Crippen LogP contribution >= 0.6 is 11.3 Å². The highest BCUT2D eigenvalue weighted by Gasteiger charge is 2.23. The van der Waals surface area contributed by atoms with E-state index < -0.39 is 12.0 Å². The Morgan fingerprint density at radius 1 is 1.42 bits per heavy atom. The van der Waals surface area contributed by atoms with Crippen molar-refractivity contribution < 1.29 is 14.7 Å². The predicted octanol–water partition coefficient (Wildman–Crippen LogP) is 2.61. The van der Waals surface area contributed by atoms with Gasteiger partial charge >= 0.3 is 5.97 Å². The lowest BCUT2D eigenvalue weighted by Gasteiger charge is -2.19. The molecule has 7 heteroatoms. The highest BCUT2D eigenvalue weighted by atomic mass is 32.1. The van der Waals surface area contributed by atoms with Crippen LogP contribution in [0.2, 0.25) is 0 Å². The Balaban J connectivity index is 2.07. The van der Waals surface area contributed by atoms with E-state index in [4.69, 9.17) is 5.11 Å². The standard InChI is InChI=1S/C17H23N3O3S/c1-10(8-13-11(2)19-20(4)12(13)3)17(23)18-14(9-16(21)22)15-6-5-7-24-15/h5-7,10,14H,8-9H2,1-4H3,(H,18,23)(H,21,22)/t10-,14-/m0/s1. The molecule has 0 aromatic carbocycles. The van der Waals surface area contributed by atoms with Crippen molar-refractivity contribution in [2.75, 3.05) is 0 Å². The fraction of sp³-hybridized carbons (Fsp3) is 0.471. The van der Waals surface area contributed by atoms with Crippen LogP contribution in [0.5, 0.6) is 0 Å². The van der Waals surface area contributed by atoms with Crippen LogP contribution in [0.4, 0.5) is 0 Å². The Hall–Kier alpha value is -2.15. The zero-order valence-corrected chi connectivity index (χ0v) is 15.2. The molecule has 1 amide bonds. The molecule has 24 heavy (non-hydrogen) atoms. The van der Waals surface area contributed by atoms with E-state index in [1.165, 1.54) is 11.3 Å². The summed E-state index contributed by atoms with van der Waals surface area (Å²) < 4.78 is 1.81. The minimum absolute atomic E-state index is 0.121. The van der Waals surface area contributed by atoms with Gasteiger partial charge < -0.3 is 10.4 Å². The van der Waals surface area contributed by atoms with Gasteiger partial charge in [-0.05, 0) is 37.3 Å². The zero-order chi connectivity index (χ0) is 17.9. The molecule has 0 spiro atoms. The van der Waals surface area contributed by atoms with Crippen LogP contribution in [0.25, 0.3) is 0 Å². The van der Waals surface area contributed by atoms with E-state index in [0.29, 0.717) is 6.42 Å². The number of hydrogen-bond donors (Lipinski definition) is 2. The fourth-order valence-electron chi connectivity index (χ4n) is 2.71. The molecule has 0 unspecified atom stereocenters. The third-order valence-electron chi connectivity index (χ3n) is 4.20. The zero-order valence-electron chi connectivity index (χ0n) is 14.4. The molecular weight excluding hydrogens is 326 g/mol. The molecule has 0 bridgehead atoms. The van der Waals surface area contributed by atoms with Crippen molar-refractivity contribution in [3.8, 4) is 0 Å². The van der Waals surface area contributed by atoms with Crippen molar-refractivity contribution >= 4 is 23.2 Å². The summed E-state index contributed by atoms with van der Waals surface area (Å²) in [5.74, 6) is -1.33. The summed E-state index contributed by atoms with van der Waals surface area (Å²) in [6.45, 7) is 5.78. The lowest BCUT2D eigenvalue weighted by atomic mass is 9.98. The normalized spacial score (nSPS) is 13.5. The maximum absolute atomic E-state index is 12.5. The summed E-state index contributed by atoms with van der Waals surface area (Å²) in [5, 5.41) is 18.2. The van der Waals surface area contributed by atoms with Gasteiger partial charge in [0.05, 0.1) is 18.2 Å². The van der Waals surface area contributed by atoms with Gasteiger partial charge in [-0.1, -0.05) is 13.0 Å². The first-order chi connectivity index (χ1) is 11.3. The SMILES string of the molecule is Cc1nn(C)c(C)c1C[C@H](C)C(=O)N[C@@H](CC(=O)O)c1cccs1. The summed E-state index contributed by atoms with van der Waals surface area (Å²) in [4.78, 5) is 24.5. The molecule has 0 radical (unpaired) electrons. The van der Waals surface area contributed by atoms with Crippen molar-refractivity contribution in [1.82, 2.24) is 15.1 Å². The summed E-state index contributed by atoms with van der Waals surface area (Å²) in [6.07, 6.45) is 0.464. The van der Waals surface area contributed by atoms with Gasteiger partial charge in [-0.25, -0.2) is 0 Å². The van der Waals surface area contributed by atoms with Crippen LogP contribution in [0.1, 0.15) is 41.2 Å². The Morgan fingerprint density at radius 2 is 2.12 bits per heavy atom. The summed E-state index contributed by atoms with van der Waals surface area (Å²) >= 11 is 1.45. The number of carboxylic acid groups (broad SMARTS) is 1. The molecule has 0 aliphatic rings. The van der Waals surface area contributed by atoms with Crippen LogP contribution in [0, 0.1) is 19.8 Å². The average molecular weight is 349 g/mol. The number of rotatable bonds is 7. The minimum atomic E-state index is -0.930. The molecule has 0 aliphatic carbocycles. The second-order valence-corrected chi connectivity index (χ2v) is 7.03. The number of hydrogen-bond acceptors (Lipinski definition) is 4. The van der Waals surface area contributed by atoms with Crippen LogP contribution in [0.15, 0.2) is 17.5 Å². The number of aliphatic carboxylic acids is 1. The van der Waals surface area contributed by atoms with Crippen molar-refractivity contribution in [3.05, 3.63) is 39.3 Å². The van der Waals surface area contributed by atoms with Gasteiger partial charge in [0.25, 0.3) is 0 Å². The number of aryl methyl sites for hydroxylation is 2. The van der Waals surface area contributed by atoms with Gasteiger partial charge in [-0.15, -0.1) is 11.3 Å². The highest BCUT2D eigenvalue weighted by Crippen LogP contribution is 2.23. The van der Waals surface area contributed by atoms with E-state index in [-0.39, 0.29) is 18.2 Å². The van der Waals surface area contributed by atoms with Gasteiger partial charge in [0, 0.05) is 23.5 Å². The third-order valence-corrected chi connectivity index (χ3v) is 5.18. The lowest BCUT2D eigenvalue weighted by Crippen LogP contribution is -2.34. The first-order valence-electron chi connectivity index (χ1n) is 7.84. The van der Waals surface area contributed by atoms with Crippen LogP contribution < -0.4 is 5.32 Å². The lowest BCUT2D eigenvalue weighted by molar-refractivity contribution is -0.137. The van der Waals surface area contributed by atoms with Gasteiger partial charge in [-0.2, -0.15) is 5.10 Å². The summed E-state index contributed by atoms with van der Waals surface area (Å²) in [6, 6.07) is 3.21. The average Bonchev–Trinajstić information content (AvgIpc) is 3.11. The van der Waals surface area contributed by atoms with Crippen LogP contribution in [-0.4, -0.2) is 26.8 Å². The van der Waals surface area contributed by atoms with Crippen molar-refractivity contribution in [1.29, 1.82) is 0 Å². The van der Waals surface area contributed by atoms with Gasteiger partial charge in [0.2, 0.25) is 5.91 Å². The molecule has 2 aromatic heterocycles. The van der Waals surface area contributed by atoms with Crippen molar-refractivity contribution in [2.24, 2.45) is 13.0 Å². The van der Waals surface area contributed by atoms with Crippen molar-refractivity contribution in [2.45, 2.75) is 39.7 Å². The molecule has 0 aliphatic heterocycles. The smallest absolute Gasteiger partial charge is 0.305 e. The number of nitrogens with one attached hydrogen (secondary N) is 1. The molecule has 130 valence electrons. The Labute approximate surface area is 145 Å². The maximum atomic E-state index is 12.5. The molecular formula is C17H23N3O3S. The quantitative estimate of drug-likeness (QED) is 0.805. The van der Waals surface area contributed by atoms with Gasteiger partial charge in [0.1, 0.15) is 0 Å². The number of amides is 1. The van der Waals surface area contributed by atoms with Crippen molar-refractivity contribution in [3.63, 3.8) is 0 Å². The monoisotopic (exact) mass is 349 g/mol. The minimum Gasteiger partial charge on any atom is -0.481 e. The van der Waals surface area contributed by atoms with E-state index in [1.54, 1.807) is 0 Å². The highest BCUT2D eigenvalue weighted by molar-refractivity contribution is 7.10. The molecule has 2 aromatic rings. The molecule has 0 saturated carbocycles. The number of aromatic nitrogens is 2. The van der Waals surface area contributed by atoms with Gasteiger partial charge in [0.15, 0.2) is 0 Å². The van der Waals surface area contributed by atoms with E-state index in [0.717, 1.165) is 21.8 Å². The molecule has 6 nitrogen and oxygen atoms in total. The number of carbonyl (C=O) groups is 2. The number of carbonyl (C=O) groups excluding carboxylic acids is 1. The fourth-order valence-corrected chi connectivity index (χ4v) is 3.49. The first kappa shape index (κ1) is 18.2. The topological polar surface area (TPSA) is 84.2 Å². The van der Waals surface area contributed by atoms with Crippen LogP contribution in [-0.2, 0) is 23.1 Å². The second-order valence-electron chi connectivity index (χ2n) is 6.05. The summed E-state index contributed by atoms with van der Waals surface area (Å²) in [7, 11) is 1.89. The number of carboxylic acids is 1.